The number of methoxy groups -OCH3 is 1. The highest BCUT2D eigenvalue weighted by Gasteiger charge is 2.30. The van der Waals surface area contributed by atoms with Crippen LogP contribution in [0.2, 0.25) is 0 Å². The minimum Gasteiger partial charge on any atom is -0.383 e. The molecule has 7 nitrogen and oxygen atoms in total. The Balaban J connectivity index is 2.54. The zero-order chi connectivity index (χ0) is 23.7. The first-order valence-corrected chi connectivity index (χ1v) is 11.8. The topological polar surface area (TPSA) is 67.7 Å². The largest absolute Gasteiger partial charge is 0.383 e. The lowest BCUT2D eigenvalue weighted by Crippen LogP contribution is -2.43. The number of unbranched alkanes of at least 4 members (excludes halogenated alkanes) is 1. The Bertz CT molecular complexity index is 925. The van der Waals surface area contributed by atoms with Crippen LogP contribution in [0.25, 0.3) is 10.9 Å². The van der Waals surface area contributed by atoms with Crippen molar-refractivity contribution in [2.45, 2.75) is 59.0 Å². The van der Waals surface area contributed by atoms with Gasteiger partial charge in [-0.25, -0.2) is 4.98 Å². The standard InChI is InChI=1S/C25H40N4O3/c1-7-9-12-20(8-2)24(30)28(16-15-27(4)5)19(3)23-26-22-14-11-10-13-21(22)25(31)29(23)17-18-32-6/h10-11,13-14,19-20H,7-9,12,15-18H2,1-6H3. The normalized spacial score (nSPS) is 13.5. The van der Waals surface area contributed by atoms with Gasteiger partial charge in [0.25, 0.3) is 5.56 Å². The van der Waals surface area contributed by atoms with Crippen molar-refractivity contribution in [1.82, 2.24) is 19.4 Å². The number of hydrogen-bond donors (Lipinski definition) is 0. The maximum absolute atomic E-state index is 13.6. The molecule has 0 N–H and O–H groups in total. The van der Waals surface area contributed by atoms with Gasteiger partial charge in [-0.15, -0.1) is 0 Å². The van der Waals surface area contributed by atoms with Crippen LogP contribution in [0.5, 0.6) is 0 Å². The number of likely N-dealkylation sites (N-methyl/N-ethyl adjacent to an activating group) is 1. The van der Waals surface area contributed by atoms with Gasteiger partial charge < -0.3 is 14.5 Å². The van der Waals surface area contributed by atoms with Crippen LogP contribution in [0.15, 0.2) is 29.1 Å². The summed E-state index contributed by atoms with van der Waals surface area (Å²) in [5, 5.41) is 0.583. The summed E-state index contributed by atoms with van der Waals surface area (Å²) in [4.78, 5) is 35.8. The van der Waals surface area contributed by atoms with Crippen molar-refractivity contribution in [2.75, 3.05) is 40.9 Å². The second-order valence-corrected chi connectivity index (χ2v) is 8.70. The molecule has 2 aromatic rings. The maximum atomic E-state index is 13.6. The summed E-state index contributed by atoms with van der Waals surface area (Å²) < 4.78 is 6.94. The molecule has 2 atom stereocenters. The van der Waals surface area contributed by atoms with Crippen molar-refractivity contribution in [3.8, 4) is 0 Å². The molecule has 1 aromatic heterocycles. The van der Waals surface area contributed by atoms with Crippen LogP contribution in [0, 0.1) is 5.92 Å². The number of aromatic nitrogens is 2. The Morgan fingerprint density at radius 3 is 2.53 bits per heavy atom. The van der Waals surface area contributed by atoms with E-state index in [9.17, 15) is 9.59 Å². The van der Waals surface area contributed by atoms with Crippen molar-refractivity contribution in [3.05, 3.63) is 40.4 Å². The second-order valence-electron chi connectivity index (χ2n) is 8.70. The smallest absolute Gasteiger partial charge is 0.261 e. The third-order valence-corrected chi connectivity index (χ3v) is 6.07. The van der Waals surface area contributed by atoms with Crippen LogP contribution >= 0.6 is 0 Å². The van der Waals surface area contributed by atoms with Gasteiger partial charge in [0.05, 0.1) is 30.1 Å². The highest BCUT2D eigenvalue weighted by molar-refractivity contribution is 5.80. The fraction of sp³-hybridized carbons (Fsp3) is 0.640. The minimum atomic E-state index is -0.327. The van der Waals surface area contributed by atoms with Gasteiger partial charge in [-0.1, -0.05) is 38.8 Å². The highest BCUT2D eigenvalue weighted by Crippen LogP contribution is 2.25. The number of hydrogen-bond acceptors (Lipinski definition) is 5. The molecule has 32 heavy (non-hydrogen) atoms. The van der Waals surface area contributed by atoms with E-state index in [1.165, 1.54) is 0 Å². The van der Waals surface area contributed by atoms with Gasteiger partial charge in [0, 0.05) is 26.1 Å². The van der Waals surface area contributed by atoms with E-state index >= 15 is 0 Å². The van der Waals surface area contributed by atoms with E-state index < -0.39 is 0 Å². The molecule has 0 fully saturated rings. The number of amides is 1. The quantitative estimate of drug-likeness (QED) is 0.471. The van der Waals surface area contributed by atoms with E-state index in [2.05, 4.69) is 18.7 Å². The zero-order valence-corrected chi connectivity index (χ0v) is 20.6. The first-order chi connectivity index (χ1) is 15.3. The summed E-state index contributed by atoms with van der Waals surface area (Å²) >= 11 is 0. The van der Waals surface area contributed by atoms with Gasteiger partial charge in [-0.05, 0) is 46.0 Å². The van der Waals surface area contributed by atoms with Gasteiger partial charge in [0.2, 0.25) is 5.91 Å². The van der Waals surface area contributed by atoms with E-state index in [1.807, 2.05) is 44.1 Å². The molecule has 1 amide bonds. The highest BCUT2D eigenvalue weighted by atomic mass is 16.5. The van der Waals surface area contributed by atoms with Gasteiger partial charge in [0.1, 0.15) is 5.82 Å². The van der Waals surface area contributed by atoms with Gasteiger partial charge in [-0.3, -0.25) is 14.2 Å². The molecule has 0 saturated carbocycles. The third kappa shape index (κ3) is 6.39. The molecule has 0 aliphatic heterocycles. The molecular weight excluding hydrogens is 404 g/mol. The molecule has 2 unspecified atom stereocenters. The van der Waals surface area contributed by atoms with Crippen LogP contribution in [0.4, 0.5) is 0 Å². The van der Waals surface area contributed by atoms with Crippen molar-refractivity contribution in [1.29, 1.82) is 0 Å². The molecule has 0 spiro atoms. The molecule has 1 heterocycles. The summed E-state index contributed by atoms with van der Waals surface area (Å²) in [5.74, 6) is 0.748. The lowest BCUT2D eigenvalue weighted by Gasteiger charge is -2.34. The van der Waals surface area contributed by atoms with Crippen molar-refractivity contribution in [3.63, 3.8) is 0 Å². The Kier molecular flexibility index (Phi) is 10.3. The molecule has 0 radical (unpaired) electrons. The predicted octanol–water partition coefficient (Wildman–Crippen LogP) is 3.71. The van der Waals surface area contributed by atoms with Gasteiger partial charge in [0.15, 0.2) is 0 Å². The average Bonchev–Trinajstić information content (AvgIpc) is 2.78. The Morgan fingerprint density at radius 1 is 1.19 bits per heavy atom. The SMILES string of the molecule is CCCCC(CC)C(=O)N(CCN(C)C)C(C)c1nc2ccccc2c(=O)n1CCOC. The summed E-state index contributed by atoms with van der Waals surface area (Å²) in [5.41, 5.74) is 0.568. The van der Waals surface area contributed by atoms with E-state index in [0.717, 1.165) is 32.2 Å². The van der Waals surface area contributed by atoms with Crippen LogP contribution in [0.1, 0.15) is 58.3 Å². The summed E-state index contributed by atoms with van der Waals surface area (Å²) in [6, 6.07) is 7.06. The van der Waals surface area contributed by atoms with Crippen molar-refractivity contribution in [2.24, 2.45) is 5.92 Å². The summed E-state index contributed by atoms with van der Waals surface area (Å²) in [7, 11) is 5.63. The monoisotopic (exact) mass is 444 g/mol. The molecule has 0 saturated heterocycles. The van der Waals surface area contributed by atoms with Crippen LogP contribution in [0.3, 0.4) is 0 Å². The molecule has 0 aliphatic carbocycles. The molecule has 7 heteroatoms. The van der Waals surface area contributed by atoms with Crippen LogP contribution < -0.4 is 5.56 Å². The fourth-order valence-electron chi connectivity index (χ4n) is 4.03. The van der Waals surface area contributed by atoms with E-state index in [1.54, 1.807) is 17.7 Å². The number of benzene rings is 1. The van der Waals surface area contributed by atoms with E-state index in [0.29, 0.717) is 36.4 Å². The number of carbonyl (C=O) groups excluding carboxylic acids is 1. The molecule has 0 bridgehead atoms. The van der Waals surface area contributed by atoms with Crippen molar-refractivity contribution < 1.29 is 9.53 Å². The lowest BCUT2D eigenvalue weighted by molar-refractivity contribution is -0.138. The van der Waals surface area contributed by atoms with Gasteiger partial charge >= 0.3 is 0 Å². The Morgan fingerprint density at radius 2 is 1.91 bits per heavy atom. The first kappa shape index (κ1) is 26.0. The van der Waals surface area contributed by atoms with Crippen LogP contribution in [-0.2, 0) is 16.1 Å². The first-order valence-electron chi connectivity index (χ1n) is 11.8. The summed E-state index contributed by atoms with van der Waals surface area (Å²) in [6.07, 6.45) is 3.80. The molecule has 2 rings (SSSR count). The number of para-hydroxylation sites is 1. The number of nitrogens with zero attached hydrogens (tertiary/aromatic N) is 4. The fourth-order valence-corrected chi connectivity index (χ4v) is 4.03. The number of ether oxygens (including phenoxy) is 1. The Hall–Kier alpha value is -2.25. The average molecular weight is 445 g/mol. The second kappa shape index (κ2) is 12.7. The molecule has 0 aliphatic rings. The van der Waals surface area contributed by atoms with Crippen LogP contribution in [-0.4, -0.2) is 66.2 Å². The minimum absolute atomic E-state index is 0.0147. The van der Waals surface area contributed by atoms with Gasteiger partial charge in [-0.2, -0.15) is 0 Å². The number of fused-ring (bicyclic) bond motifs is 1. The third-order valence-electron chi connectivity index (χ3n) is 6.07. The summed E-state index contributed by atoms with van der Waals surface area (Å²) in [6.45, 7) is 8.35. The number of carbonyl (C=O) groups is 1. The predicted molar refractivity (Wildman–Crippen MR) is 130 cm³/mol. The molecule has 1 aromatic carbocycles. The zero-order valence-electron chi connectivity index (χ0n) is 20.6. The Labute approximate surface area is 192 Å². The lowest BCUT2D eigenvalue weighted by atomic mass is 9.97. The molecule has 178 valence electrons. The van der Waals surface area contributed by atoms with E-state index in [-0.39, 0.29) is 23.4 Å². The maximum Gasteiger partial charge on any atom is 0.261 e. The van der Waals surface area contributed by atoms with E-state index in [4.69, 9.17) is 9.72 Å². The number of rotatable bonds is 13. The molecular formula is C25H40N4O3. The van der Waals surface area contributed by atoms with Crippen molar-refractivity contribution >= 4 is 16.8 Å².